The van der Waals surface area contributed by atoms with Gasteiger partial charge in [-0.15, -0.1) is 0 Å². The number of carbonyl (C=O) groups is 1. The van der Waals surface area contributed by atoms with Crippen LogP contribution in [0, 0.1) is 0 Å². The second-order valence-corrected chi connectivity index (χ2v) is 4.35. The Bertz CT molecular complexity index is 656. The van der Waals surface area contributed by atoms with Crippen LogP contribution in [0.15, 0.2) is 24.3 Å². The van der Waals surface area contributed by atoms with Crippen LogP contribution in [-0.4, -0.2) is 28.9 Å². The van der Waals surface area contributed by atoms with Crippen molar-refractivity contribution in [3.8, 4) is 11.5 Å². The summed E-state index contributed by atoms with van der Waals surface area (Å²) in [5, 5.41) is 9.71. The van der Waals surface area contributed by atoms with E-state index < -0.39 is 12.0 Å². The van der Waals surface area contributed by atoms with Crippen molar-refractivity contribution in [2.24, 2.45) is 5.73 Å². The molecule has 1 aromatic heterocycles. The van der Waals surface area contributed by atoms with Crippen molar-refractivity contribution in [1.29, 1.82) is 0 Å². The number of nitrogens with zero attached hydrogens (tertiary/aromatic N) is 1. The first-order chi connectivity index (χ1) is 9.13. The zero-order valence-electron chi connectivity index (χ0n) is 10.00. The third kappa shape index (κ3) is 2.17. The summed E-state index contributed by atoms with van der Waals surface area (Å²) in [7, 11) is 0. The van der Waals surface area contributed by atoms with Crippen molar-refractivity contribution in [1.82, 2.24) is 4.98 Å². The summed E-state index contributed by atoms with van der Waals surface area (Å²) in [6.45, 7) is 0.211. The first-order valence-corrected chi connectivity index (χ1v) is 5.81. The number of hydrogen-bond acceptors (Lipinski definition) is 5. The van der Waals surface area contributed by atoms with E-state index in [2.05, 4.69) is 4.98 Å². The molecule has 0 amide bonds. The summed E-state index contributed by atoms with van der Waals surface area (Å²) in [4.78, 5) is 15.1. The fourth-order valence-corrected chi connectivity index (χ4v) is 1.98. The first kappa shape index (κ1) is 11.7. The van der Waals surface area contributed by atoms with Crippen molar-refractivity contribution in [3.63, 3.8) is 0 Å². The van der Waals surface area contributed by atoms with Gasteiger partial charge in [-0.1, -0.05) is 6.07 Å². The summed E-state index contributed by atoms with van der Waals surface area (Å²) in [5.74, 6) is 0.316. The molecular formula is C13H12N2O4. The van der Waals surface area contributed by atoms with E-state index in [0.717, 1.165) is 10.9 Å². The molecule has 3 N–H and O–H groups in total. The smallest absolute Gasteiger partial charge is 0.320 e. The van der Waals surface area contributed by atoms with Crippen molar-refractivity contribution in [2.75, 3.05) is 6.79 Å². The van der Waals surface area contributed by atoms with Crippen molar-refractivity contribution in [3.05, 3.63) is 30.0 Å². The second-order valence-electron chi connectivity index (χ2n) is 4.35. The Labute approximate surface area is 108 Å². The van der Waals surface area contributed by atoms with Gasteiger partial charge in [0, 0.05) is 23.6 Å². The third-order valence-electron chi connectivity index (χ3n) is 2.99. The Morgan fingerprint density at radius 2 is 2.11 bits per heavy atom. The Morgan fingerprint density at radius 3 is 2.84 bits per heavy atom. The molecular weight excluding hydrogens is 248 g/mol. The fourth-order valence-electron chi connectivity index (χ4n) is 1.98. The third-order valence-corrected chi connectivity index (χ3v) is 2.99. The lowest BCUT2D eigenvalue weighted by atomic mass is 10.1. The van der Waals surface area contributed by atoms with E-state index >= 15 is 0 Å². The van der Waals surface area contributed by atoms with Gasteiger partial charge in [-0.05, 0) is 12.1 Å². The number of fused-ring (bicyclic) bond motifs is 2. The number of hydrogen-bond donors (Lipinski definition) is 2. The number of aromatic nitrogens is 1. The summed E-state index contributed by atoms with van der Waals surface area (Å²) in [6.07, 6.45) is 0.194. The van der Waals surface area contributed by atoms with Crippen LogP contribution < -0.4 is 15.2 Å². The van der Waals surface area contributed by atoms with Gasteiger partial charge in [0.05, 0.1) is 5.52 Å². The molecule has 0 bridgehead atoms. The van der Waals surface area contributed by atoms with Crippen LogP contribution >= 0.6 is 0 Å². The summed E-state index contributed by atoms with van der Waals surface area (Å²) < 4.78 is 10.6. The topological polar surface area (TPSA) is 94.7 Å². The maximum absolute atomic E-state index is 10.7. The normalized spacial score (nSPS) is 14.6. The van der Waals surface area contributed by atoms with Crippen LogP contribution in [0.5, 0.6) is 11.5 Å². The molecule has 2 aromatic rings. The minimum absolute atomic E-state index is 0.194. The summed E-state index contributed by atoms with van der Waals surface area (Å²) >= 11 is 0. The van der Waals surface area contributed by atoms with E-state index in [9.17, 15) is 4.79 Å². The van der Waals surface area contributed by atoms with E-state index in [1.165, 1.54) is 0 Å². The molecule has 0 saturated carbocycles. The minimum Gasteiger partial charge on any atom is -0.480 e. The highest BCUT2D eigenvalue weighted by Crippen LogP contribution is 2.35. The monoisotopic (exact) mass is 260 g/mol. The lowest BCUT2D eigenvalue weighted by molar-refractivity contribution is -0.138. The number of nitrogens with two attached hydrogens (primary N) is 1. The zero-order valence-corrected chi connectivity index (χ0v) is 10.00. The molecule has 2 heterocycles. The second kappa shape index (κ2) is 4.40. The minimum atomic E-state index is -1.03. The highest BCUT2D eigenvalue weighted by molar-refractivity contribution is 5.83. The molecule has 1 aromatic carbocycles. The highest BCUT2D eigenvalue weighted by Gasteiger charge is 2.16. The number of benzene rings is 1. The molecule has 1 aliphatic rings. The van der Waals surface area contributed by atoms with E-state index in [-0.39, 0.29) is 13.2 Å². The molecule has 6 nitrogen and oxygen atoms in total. The van der Waals surface area contributed by atoms with Crippen LogP contribution in [0.1, 0.15) is 5.69 Å². The molecule has 1 atom stereocenters. The van der Waals surface area contributed by atoms with Gasteiger partial charge >= 0.3 is 5.97 Å². The molecule has 0 aliphatic carbocycles. The number of ether oxygens (including phenoxy) is 2. The molecule has 98 valence electrons. The van der Waals surface area contributed by atoms with Gasteiger partial charge in [0.1, 0.15) is 6.04 Å². The Morgan fingerprint density at radius 1 is 1.37 bits per heavy atom. The van der Waals surface area contributed by atoms with Gasteiger partial charge in [-0.2, -0.15) is 0 Å². The first-order valence-electron chi connectivity index (χ1n) is 5.81. The zero-order chi connectivity index (χ0) is 13.4. The van der Waals surface area contributed by atoms with Gasteiger partial charge in [-0.3, -0.25) is 9.78 Å². The average Bonchev–Trinajstić information content (AvgIpc) is 2.82. The number of aliphatic carboxylic acids is 1. The van der Waals surface area contributed by atoms with Gasteiger partial charge in [-0.25, -0.2) is 0 Å². The molecule has 0 saturated heterocycles. The van der Waals surface area contributed by atoms with Crippen molar-refractivity contribution >= 4 is 16.9 Å². The molecule has 1 aliphatic heterocycles. The lowest BCUT2D eigenvalue weighted by Gasteiger charge is -2.07. The highest BCUT2D eigenvalue weighted by atomic mass is 16.7. The van der Waals surface area contributed by atoms with Crippen LogP contribution in [-0.2, 0) is 11.2 Å². The number of rotatable bonds is 3. The Hall–Kier alpha value is -2.34. The largest absolute Gasteiger partial charge is 0.480 e. The fraction of sp³-hybridized carbons (Fsp3) is 0.231. The van der Waals surface area contributed by atoms with Crippen molar-refractivity contribution in [2.45, 2.75) is 12.5 Å². The molecule has 0 fully saturated rings. The molecule has 0 spiro atoms. The summed E-state index contributed by atoms with van der Waals surface area (Å²) in [5.41, 5.74) is 6.87. The van der Waals surface area contributed by atoms with Gasteiger partial charge in [0.25, 0.3) is 0 Å². The molecule has 3 rings (SSSR count). The van der Waals surface area contributed by atoms with Crippen LogP contribution in [0.3, 0.4) is 0 Å². The maximum Gasteiger partial charge on any atom is 0.320 e. The number of carboxylic acids is 1. The lowest BCUT2D eigenvalue weighted by Crippen LogP contribution is -2.32. The molecule has 1 unspecified atom stereocenters. The molecule has 19 heavy (non-hydrogen) atoms. The standard InChI is InChI=1S/C13H12N2O4/c14-9(13(16)17)4-8-2-1-7-3-11-12(19-6-18-11)5-10(7)15-8/h1-3,5,9H,4,6,14H2,(H,16,17). The Kier molecular flexibility index (Phi) is 2.72. The maximum atomic E-state index is 10.7. The predicted octanol–water partition coefficient (Wildman–Crippen LogP) is 0.918. The van der Waals surface area contributed by atoms with Gasteiger partial charge < -0.3 is 20.3 Å². The van der Waals surface area contributed by atoms with Crippen LogP contribution in [0.2, 0.25) is 0 Å². The van der Waals surface area contributed by atoms with E-state index in [1.54, 1.807) is 12.1 Å². The quantitative estimate of drug-likeness (QED) is 0.852. The van der Waals surface area contributed by atoms with E-state index in [0.29, 0.717) is 17.2 Å². The number of pyridine rings is 1. The SMILES string of the molecule is NC(Cc1ccc2cc3c(cc2n1)OCO3)C(=O)O. The van der Waals surface area contributed by atoms with Crippen LogP contribution in [0.4, 0.5) is 0 Å². The van der Waals surface area contributed by atoms with Gasteiger partial charge in [0.15, 0.2) is 11.5 Å². The van der Waals surface area contributed by atoms with E-state index in [4.69, 9.17) is 20.3 Å². The molecule has 6 heteroatoms. The van der Waals surface area contributed by atoms with Crippen LogP contribution in [0.25, 0.3) is 10.9 Å². The Balaban J connectivity index is 1.96. The molecule has 0 radical (unpaired) electrons. The average molecular weight is 260 g/mol. The van der Waals surface area contributed by atoms with E-state index in [1.807, 2.05) is 12.1 Å². The van der Waals surface area contributed by atoms with Gasteiger partial charge in [0.2, 0.25) is 6.79 Å². The predicted molar refractivity (Wildman–Crippen MR) is 67.2 cm³/mol. The summed E-state index contributed by atoms with van der Waals surface area (Å²) in [6, 6.07) is 6.33. The number of carboxylic acid groups (broad SMARTS) is 1. The van der Waals surface area contributed by atoms with Crippen molar-refractivity contribution < 1.29 is 19.4 Å².